The van der Waals surface area contributed by atoms with Gasteiger partial charge in [0.1, 0.15) is 17.5 Å². The summed E-state index contributed by atoms with van der Waals surface area (Å²) in [6.45, 7) is 4.04. The first-order valence-electron chi connectivity index (χ1n) is 12.3. The van der Waals surface area contributed by atoms with Crippen molar-refractivity contribution in [3.8, 4) is 22.3 Å². The minimum Gasteiger partial charge on any atom is -0.218 e. The quantitative estimate of drug-likeness (QED) is 0.301. The average Bonchev–Trinajstić information content (AvgIpc) is 3.35. The maximum Gasteiger partial charge on any atom is 0.136 e. The Labute approximate surface area is 205 Å². The molecule has 2 aliphatic carbocycles. The Kier molecular flexibility index (Phi) is 4.31. The van der Waals surface area contributed by atoms with Gasteiger partial charge in [-0.25, -0.2) is 15.0 Å². The Balaban J connectivity index is 1.49. The summed E-state index contributed by atoms with van der Waals surface area (Å²) in [5.41, 5.74) is 11.7. The first-order valence-corrected chi connectivity index (χ1v) is 12.3. The lowest BCUT2D eigenvalue weighted by Gasteiger charge is -2.30. The molecule has 0 fully saturated rings. The minimum atomic E-state index is -0.307. The lowest BCUT2D eigenvalue weighted by atomic mass is 9.70. The van der Waals surface area contributed by atoms with Crippen LogP contribution >= 0.6 is 0 Å². The van der Waals surface area contributed by atoms with Gasteiger partial charge in [-0.2, -0.15) is 0 Å². The number of benzene rings is 4. The van der Waals surface area contributed by atoms with E-state index in [9.17, 15) is 0 Å². The summed E-state index contributed by atoms with van der Waals surface area (Å²) in [6.07, 6.45) is 1.51. The maximum absolute atomic E-state index is 4.72. The number of rotatable bonds is 3. The molecule has 2 aliphatic rings. The normalized spacial score (nSPS) is 13.9. The Morgan fingerprint density at radius 3 is 1.66 bits per heavy atom. The van der Waals surface area contributed by atoms with E-state index in [-0.39, 0.29) is 5.41 Å². The van der Waals surface area contributed by atoms with Crippen LogP contribution in [0.2, 0.25) is 0 Å². The number of aromatic nitrogens is 3. The summed E-state index contributed by atoms with van der Waals surface area (Å²) in [6, 6.07) is 33.7. The molecule has 35 heavy (non-hydrogen) atoms. The lowest BCUT2D eigenvalue weighted by Crippen LogP contribution is -2.26. The van der Waals surface area contributed by atoms with Crippen LogP contribution in [-0.2, 0) is 18.3 Å². The molecular weight excluding hydrogens is 426 g/mol. The Hall–Kier alpha value is -4.11. The molecule has 0 amide bonds. The molecule has 0 unspecified atom stereocenters. The van der Waals surface area contributed by atoms with Crippen molar-refractivity contribution in [2.75, 3.05) is 0 Å². The zero-order valence-corrected chi connectivity index (χ0v) is 19.9. The van der Waals surface area contributed by atoms with Gasteiger partial charge in [-0.1, -0.05) is 97.9 Å². The molecule has 7 rings (SSSR count). The van der Waals surface area contributed by atoms with Crippen LogP contribution in [0.4, 0.5) is 0 Å². The zero-order valence-electron chi connectivity index (χ0n) is 19.9. The van der Waals surface area contributed by atoms with E-state index in [1.807, 2.05) is 6.92 Å². The second-order valence-corrected chi connectivity index (χ2v) is 9.51. The summed E-state index contributed by atoms with van der Waals surface area (Å²) in [7, 11) is 0. The molecule has 0 aliphatic heterocycles. The van der Waals surface area contributed by atoms with Crippen LogP contribution in [0.1, 0.15) is 52.2 Å². The monoisotopic (exact) mass is 451 g/mol. The van der Waals surface area contributed by atoms with Gasteiger partial charge in [0, 0.05) is 12.8 Å². The van der Waals surface area contributed by atoms with Gasteiger partial charge in [-0.15, -0.1) is 0 Å². The van der Waals surface area contributed by atoms with Crippen LogP contribution in [0.3, 0.4) is 0 Å². The zero-order chi connectivity index (χ0) is 23.6. The summed E-state index contributed by atoms with van der Waals surface area (Å²) < 4.78 is 0. The van der Waals surface area contributed by atoms with Gasteiger partial charge < -0.3 is 0 Å². The topological polar surface area (TPSA) is 38.7 Å². The third kappa shape index (κ3) is 2.75. The highest BCUT2D eigenvalue weighted by molar-refractivity contribution is 5.94. The molecule has 0 bridgehead atoms. The molecule has 0 radical (unpaired) electrons. The van der Waals surface area contributed by atoms with Crippen LogP contribution in [0.25, 0.3) is 22.3 Å². The van der Waals surface area contributed by atoms with Crippen LogP contribution in [0, 0.1) is 6.92 Å². The molecule has 0 saturated heterocycles. The SMILES string of the molecule is CCc1nc(C)nc(Cc2ccc3c(c2)C2(c4ccccc4-c4ccccc42)c2ccccc2-3)n1. The first kappa shape index (κ1) is 20.3. The lowest BCUT2D eigenvalue weighted by molar-refractivity contribution is 0.786. The summed E-state index contributed by atoms with van der Waals surface area (Å²) in [4.78, 5) is 13.8. The third-order valence-electron chi connectivity index (χ3n) is 7.58. The second-order valence-electron chi connectivity index (χ2n) is 9.51. The van der Waals surface area contributed by atoms with Crippen molar-refractivity contribution in [3.05, 3.63) is 136 Å². The summed E-state index contributed by atoms with van der Waals surface area (Å²) >= 11 is 0. The van der Waals surface area contributed by atoms with Crippen molar-refractivity contribution in [2.45, 2.75) is 32.1 Å². The highest BCUT2D eigenvalue weighted by Crippen LogP contribution is 2.62. The smallest absolute Gasteiger partial charge is 0.136 e. The van der Waals surface area contributed by atoms with Gasteiger partial charge in [0.2, 0.25) is 0 Å². The number of nitrogens with zero attached hydrogens (tertiary/aromatic N) is 3. The fourth-order valence-corrected chi connectivity index (χ4v) is 6.27. The molecule has 0 saturated carbocycles. The van der Waals surface area contributed by atoms with Gasteiger partial charge in [0.05, 0.1) is 5.41 Å². The van der Waals surface area contributed by atoms with Crippen molar-refractivity contribution in [1.29, 1.82) is 0 Å². The number of hydrogen-bond acceptors (Lipinski definition) is 3. The van der Waals surface area contributed by atoms with Crippen LogP contribution in [0.5, 0.6) is 0 Å². The average molecular weight is 452 g/mol. The van der Waals surface area contributed by atoms with Gasteiger partial charge in [0.25, 0.3) is 0 Å². The van der Waals surface area contributed by atoms with Crippen molar-refractivity contribution >= 4 is 0 Å². The number of aryl methyl sites for hydroxylation is 2. The molecule has 5 aromatic rings. The van der Waals surface area contributed by atoms with Gasteiger partial charge in [-0.3, -0.25) is 0 Å². The van der Waals surface area contributed by atoms with Crippen LogP contribution in [0.15, 0.2) is 91.0 Å². The van der Waals surface area contributed by atoms with Crippen molar-refractivity contribution < 1.29 is 0 Å². The minimum absolute atomic E-state index is 0.307. The standard InChI is InChI=1S/C32H25N3/c1-3-30-33-20(2)34-31(35-30)19-21-16-17-25-24-12-6-9-15-28(24)32(29(25)18-21)26-13-7-4-10-22(26)23-11-5-8-14-27(23)32/h4-18H,3,19H2,1-2H3. The predicted molar refractivity (Wildman–Crippen MR) is 139 cm³/mol. The molecule has 3 nitrogen and oxygen atoms in total. The Morgan fingerprint density at radius 1 is 0.571 bits per heavy atom. The molecular formula is C32H25N3. The molecule has 1 heterocycles. The Morgan fingerprint density at radius 2 is 1.09 bits per heavy atom. The second kappa shape index (κ2) is 7.44. The molecule has 168 valence electrons. The van der Waals surface area contributed by atoms with E-state index in [0.29, 0.717) is 6.42 Å². The van der Waals surface area contributed by atoms with E-state index < -0.39 is 0 Å². The highest BCUT2D eigenvalue weighted by atomic mass is 15.0. The van der Waals surface area contributed by atoms with E-state index in [0.717, 1.165) is 23.9 Å². The molecule has 3 heteroatoms. The largest absolute Gasteiger partial charge is 0.218 e. The van der Waals surface area contributed by atoms with Crippen LogP contribution in [-0.4, -0.2) is 15.0 Å². The number of hydrogen-bond donors (Lipinski definition) is 0. The van der Waals surface area contributed by atoms with E-state index in [2.05, 4.69) is 108 Å². The Bertz CT molecular complexity index is 1570. The summed E-state index contributed by atoms with van der Waals surface area (Å²) in [5, 5.41) is 0. The molecule has 0 atom stereocenters. The van der Waals surface area contributed by atoms with Gasteiger partial charge >= 0.3 is 0 Å². The summed E-state index contributed by atoms with van der Waals surface area (Å²) in [5.74, 6) is 2.48. The van der Waals surface area contributed by atoms with Gasteiger partial charge in [0.15, 0.2) is 0 Å². The van der Waals surface area contributed by atoms with E-state index in [4.69, 9.17) is 4.98 Å². The maximum atomic E-state index is 4.72. The van der Waals surface area contributed by atoms with E-state index >= 15 is 0 Å². The molecule has 0 N–H and O–H groups in total. The van der Waals surface area contributed by atoms with Gasteiger partial charge in [-0.05, 0) is 57.0 Å². The fourth-order valence-electron chi connectivity index (χ4n) is 6.27. The van der Waals surface area contributed by atoms with Crippen molar-refractivity contribution in [3.63, 3.8) is 0 Å². The van der Waals surface area contributed by atoms with E-state index in [1.54, 1.807) is 0 Å². The molecule has 1 aromatic heterocycles. The predicted octanol–water partition coefficient (Wildman–Crippen LogP) is 6.68. The first-order chi connectivity index (χ1) is 17.2. The third-order valence-corrected chi connectivity index (χ3v) is 7.58. The highest BCUT2D eigenvalue weighted by Gasteiger charge is 2.51. The fraction of sp³-hybridized carbons (Fsp3) is 0.156. The van der Waals surface area contributed by atoms with E-state index in [1.165, 1.54) is 50.1 Å². The number of fused-ring (bicyclic) bond motifs is 10. The molecule has 4 aromatic carbocycles. The van der Waals surface area contributed by atoms with Crippen molar-refractivity contribution in [2.24, 2.45) is 0 Å². The molecule has 1 spiro atoms. The van der Waals surface area contributed by atoms with Crippen molar-refractivity contribution in [1.82, 2.24) is 15.0 Å². The van der Waals surface area contributed by atoms with Crippen LogP contribution < -0.4 is 0 Å².